The molecule has 0 bridgehead atoms. The first-order valence-electron chi connectivity index (χ1n) is 6.86. The average molecular weight is 279 g/mol. The molecular formula is C14H21N3O3. The van der Waals surface area contributed by atoms with E-state index >= 15 is 0 Å². The molecule has 1 aliphatic rings. The number of nitro groups is 1. The van der Waals surface area contributed by atoms with Crippen LogP contribution in [-0.2, 0) is 0 Å². The Morgan fingerprint density at radius 2 is 2.25 bits per heavy atom. The maximum absolute atomic E-state index is 11.5. The van der Waals surface area contributed by atoms with Crippen molar-refractivity contribution in [2.75, 3.05) is 31.1 Å². The second kappa shape index (κ2) is 5.66. The molecule has 2 rings (SSSR count). The maximum Gasteiger partial charge on any atom is 0.333 e. The SMILES string of the molecule is CCOc1cccc(N2CCNCC2(C)C)c1[N+](=O)[O-]. The molecule has 0 radical (unpaired) electrons. The molecule has 0 aromatic heterocycles. The Labute approximate surface area is 118 Å². The third-order valence-corrected chi connectivity index (χ3v) is 3.55. The van der Waals surface area contributed by atoms with Crippen LogP contribution >= 0.6 is 0 Å². The van der Waals surface area contributed by atoms with Crippen molar-refractivity contribution in [2.24, 2.45) is 0 Å². The lowest BCUT2D eigenvalue weighted by Crippen LogP contribution is -2.58. The quantitative estimate of drug-likeness (QED) is 0.676. The first kappa shape index (κ1) is 14.6. The minimum Gasteiger partial charge on any atom is -0.487 e. The Bertz CT molecular complexity index is 502. The van der Waals surface area contributed by atoms with E-state index in [2.05, 4.69) is 24.1 Å². The number of piperazine rings is 1. The van der Waals surface area contributed by atoms with Gasteiger partial charge in [0.05, 0.1) is 11.5 Å². The first-order valence-corrected chi connectivity index (χ1v) is 6.86. The molecular weight excluding hydrogens is 258 g/mol. The van der Waals surface area contributed by atoms with Gasteiger partial charge in [0.1, 0.15) is 5.69 Å². The van der Waals surface area contributed by atoms with E-state index in [0.717, 1.165) is 19.6 Å². The molecule has 1 aliphatic heterocycles. The summed E-state index contributed by atoms with van der Waals surface area (Å²) < 4.78 is 5.41. The second-order valence-electron chi connectivity index (χ2n) is 5.45. The fourth-order valence-electron chi connectivity index (χ4n) is 2.61. The number of nitro benzene ring substituents is 1. The van der Waals surface area contributed by atoms with Gasteiger partial charge in [0.25, 0.3) is 0 Å². The van der Waals surface area contributed by atoms with Crippen LogP contribution in [0.3, 0.4) is 0 Å². The maximum atomic E-state index is 11.5. The van der Waals surface area contributed by atoms with Crippen LogP contribution in [0.5, 0.6) is 5.75 Å². The van der Waals surface area contributed by atoms with E-state index in [1.807, 2.05) is 13.0 Å². The largest absolute Gasteiger partial charge is 0.487 e. The third-order valence-electron chi connectivity index (χ3n) is 3.55. The van der Waals surface area contributed by atoms with Gasteiger partial charge in [0.2, 0.25) is 0 Å². The summed E-state index contributed by atoms with van der Waals surface area (Å²) in [6, 6.07) is 5.26. The zero-order valence-electron chi connectivity index (χ0n) is 12.2. The standard InChI is InChI=1S/C14H21N3O3/c1-4-20-12-7-5-6-11(13(12)17(18)19)16-9-8-15-10-14(16,2)3/h5-7,15H,4,8-10H2,1-3H3. The van der Waals surface area contributed by atoms with Crippen LogP contribution in [0.2, 0.25) is 0 Å². The Kier molecular flexibility index (Phi) is 4.13. The summed E-state index contributed by atoms with van der Waals surface area (Å²) in [5, 5.41) is 14.8. The molecule has 110 valence electrons. The molecule has 6 heteroatoms. The number of ether oxygens (including phenoxy) is 1. The molecule has 0 unspecified atom stereocenters. The van der Waals surface area contributed by atoms with Crippen molar-refractivity contribution >= 4 is 11.4 Å². The molecule has 6 nitrogen and oxygen atoms in total. The minimum absolute atomic E-state index is 0.0596. The van der Waals surface area contributed by atoms with Gasteiger partial charge in [0.15, 0.2) is 5.75 Å². The normalized spacial score (nSPS) is 17.9. The summed E-state index contributed by atoms with van der Waals surface area (Å²) in [5.41, 5.74) is 0.519. The van der Waals surface area contributed by atoms with Crippen molar-refractivity contribution < 1.29 is 9.66 Å². The van der Waals surface area contributed by atoms with Gasteiger partial charge in [-0.1, -0.05) is 6.07 Å². The number of anilines is 1. The molecule has 1 saturated heterocycles. The lowest BCUT2D eigenvalue weighted by atomic mass is 9.98. The Morgan fingerprint density at radius 1 is 1.50 bits per heavy atom. The highest BCUT2D eigenvalue weighted by Gasteiger charge is 2.35. The number of nitrogens with zero attached hydrogens (tertiary/aromatic N) is 2. The van der Waals surface area contributed by atoms with Gasteiger partial charge < -0.3 is 15.0 Å². The van der Waals surface area contributed by atoms with Crippen LogP contribution in [-0.4, -0.2) is 36.7 Å². The Morgan fingerprint density at radius 3 is 2.85 bits per heavy atom. The smallest absolute Gasteiger partial charge is 0.333 e. The van der Waals surface area contributed by atoms with Crippen molar-refractivity contribution in [1.82, 2.24) is 5.32 Å². The number of rotatable bonds is 4. The van der Waals surface area contributed by atoms with Crippen LogP contribution in [0.4, 0.5) is 11.4 Å². The van der Waals surface area contributed by atoms with Gasteiger partial charge in [-0.25, -0.2) is 0 Å². The van der Waals surface area contributed by atoms with Gasteiger partial charge in [-0.3, -0.25) is 10.1 Å². The minimum atomic E-state index is -0.349. The zero-order valence-corrected chi connectivity index (χ0v) is 12.2. The van der Waals surface area contributed by atoms with Crippen LogP contribution in [0.25, 0.3) is 0 Å². The molecule has 1 heterocycles. The summed E-state index contributed by atoms with van der Waals surface area (Å²) in [6.07, 6.45) is 0. The van der Waals surface area contributed by atoms with Gasteiger partial charge in [-0.15, -0.1) is 0 Å². The molecule has 0 amide bonds. The highest BCUT2D eigenvalue weighted by atomic mass is 16.6. The predicted molar refractivity (Wildman–Crippen MR) is 78.6 cm³/mol. The van der Waals surface area contributed by atoms with Gasteiger partial charge in [-0.05, 0) is 32.9 Å². The number of nitrogens with one attached hydrogen (secondary N) is 1. The number of para-hydroxylation sites is 1. The molecule has 1 aromatic rings. The lowest BCUT2D eigenvalue weighted by molar-refractivity contribution is -0.385. The Hall–Kier alpha value is -1.82. The molecule has 0 spiro atoms. The summed E-state index contributed by atoms with van der Waals surface area (Å²) in [6.45, 7) is 8.75. The van der Waals surface area contributed by atoms with Crippen molar-refractivity contribution in [3.63, 3.8) is 0 Å². The van der Waals surface area contributed by atoms with Crippen molar-refractivity contribution in [1.29, 1.82) is 0 Å². The molecule has 1 N–H and O–H groups in total. The van der Waals surface area contributed by atoms with Crippen LogP contribution < -0.4 is 15.0 Å². The summed E-state index contributed by atoms with van der Waals surface area (Å²) >= 11 is 0. The van der Waals surface area contributed by atoms with Crippen LogP contribution in [0, 0.1) is 10.1 Å². The lowest BCUT2D eigenvalue weighted by Gasteiger charge is -2.44. The van der Waals surface area contributed by atoms with E-state index in [4.69, 9.17) is 4.74 Å². The third kappa shape index (κ3) is 2.70. The van der Waals surface area contributed by atoms with Crippen molar-refractivity contribution in [3.8, 4) is 5.75 Å². The topological polar surface area (TPSA) is 67.6 Å². The average Bonchev–Trinajstić information content (AvgIpc) is 2.38. The predicted octanol–water partition coefficient (Wildman–Crippen LogP) is 2.18. The van der Waals surface area contributed by atoms with Crippen LogP contribution in [0.1, 0.15) is 20.8 Å². The van der Waals surface area contributed by atoms with Gasteiger partial charge in [-0.2, -0.15) is 0 Å². The van der Waals surface area contributed by atoms with Crippen LogP contribution in [0.15, 0.2) is 18.2 Å². The van der Waals surface area contributed by atoms with E-state index in [1.165, 1.54) is 0 Å². The fraction of sp³-hybridized carbons (Fsp3) is 0.571. The summed E-state index contributed by atoms with van der Waals surface area (Å²) in [7, 11) is 0. The van der Waals surface area contributed by atoms with Gasteiger partial charge >= 0.3 is 5.69 Å². The van der Waals surface area contributed by atoms with E-state index in [-0.39, 0.29) is 16.1 Å². The van der Waals surface area contributed by atoms with Crippen molar-refractivity contribution in [3.05, 3.63) is 28.3 Å². The highest BCUT2D eigenvalue weighted by molar-refractivity contribution is 5.71. The van der Waals surface area contributed by atoms with E-state index in [1.54, 1.807) is 12.1 Å². The molecule has 20 heavy (non-hydrogen) atoms. The summed E-state index contributed by atoms with van der Waals surface area (Å²) in [4.78, 5) is 13.2. The highest BCUT2D eigenvalue weighted by Crippen LogP contribution is 2.40. The number of hydrogen-bond acceptors (Lipinski definition) is 5. The van der Waals surface area contributed by atoms with E-state index < -0.39 is 0 Å². The molecule has 1 aromatic carbocycles. The van der Waals surface area contributed by atoms with E-state index in [0.29, 0.717) is 18.0 Å². The number of hydrogen-bond donors (Lipinski definition) is 1. The molecule has 0 aliphatic carbocycles. The van der Waals surface area contributed by atoms with E-state index in [9.17, 15) is 10.1 Å². The monoisotopic (exact) mass is 279 g/mol. The molecule has 0 saturated carbocycles. The molecule has 1 fully saturated rings. The first-order chi connectivity index (χ1) is 9.47. The van der Waals surface area contributed by atoms with Gasteiger partial charge in [0, 0.05) is 25.2 Å². The second-order valence-corrected chi connectivity index (χ2v) is 5.45. The Balaban J connectivity index is 2.50. The van der Waals surface area contributed by atoms with Crippen molar-refractivity contribution in [2.45, 2.75) is 26.3 Å². The number of benzene rings is 1. The summed E-state index contributed by atoms with van der Waals surface area (Å²) in [5.74, 6) is 0.337. The fourth-order valence-corrected chi connectivity index (χ4v) is 2.61. The molecule has 0 atom stereocenters. The zero-order chi connectivity index (χ0) is 14.8.